The van der Waals surface area contributed by atoms with Crippen LogP contribution in [-0.4, -0.2) is 46.5 Å². The zero-order valence-corrected chi connectivity index (χ0v) is 19.1. The molecule has 2 aliphatic rings. The average molecular weight is 486 g/mol. The molecule has 6 nitrogen and oxygen atoms in total. The molecule has 0 bridgehead atoms. The lowest BCUT2D eigenvalue weighted by atomic mass is 9.94. The first kappa shape index (κ1) is 21.8. The number of carboxylic acids is 1. The molecule has 2 atom stereocenters. The maximum Gasteiger partial charge on any atom is 0.304 e. The molecule has 1 fully saturated rings. The number of halogens is 1. The smallest absolute Gasteiger partial charge is 0.304 e. The van der Waals surface area contributed by atoms with E-state index >= 15 is 0 Å². The third-order valence-electron chi connectivity index (χ3n) is 6.32. The van der Waals surface area contributed by atoms with Crippen LogP contribution >= 0.6 is 15.9 Å². The third kappa shape index (κ3) is 5.26. The number of pyridine rings is 1. The van der Waals surface area contributed by atoms with E-state index in [1.165, 1.54) is 5.56 Å². The van der Waals surface area contributed by atoms with E-state index in [2.05, 4.69) is 33.4 Å². The van der Waals surface area contributed by atoms with Crippen LogP contribution in [0.4, 0.5) is 5.82 Å². The fraction of sp³-hybridized carbons (Fsp3) is 0.458. The Labute approximate surface area is 191 Å². The second-order valence-electron chi connectivity index (χ2n) is 8.49. The molecular formula is C24H28BrN3O3. The van der Waals surface area contributed by atoms with Crippen molar-refractivity contribution in [3.05, 3.63) is 57.7 Å². The van der Waals surface area contributed by atoms with Gasteiger partial charge in [-0.15, -0.1) is 0 Å². The molecule has 1 saturated heterocycles. The minimum absolute atomic E-state index is 0.0899. The van der Waals surface area contributed by atoms with Crippen molar-refractivity contribution in [1.29, 1.82) is 0 Å². The van der Waals surface area contributed by atoms with Crippen LogP contribution in [0, 0.1) is 5.92 Å². The Morgan fingerprint density at radius 3 is 2.90 bits per heavy atom. The van der Waals surface area contributed by atoms with Gasteiger partial charge in [-0.3, -0.25) is 9.59 Å². The normalized spacial score (nSPS) is 18.9. The molecule has 7 heteroatoms. The maximum absolute atomic E-state index is 13.2. The molecule has 2 aromatic rings. The summed E-state index contributed by atoms with van der Waals surface area (Å²) in [6.07, 6.45) is 4.87. The summed E-state index contributed by atoms with van der Waals surface area (Å²) in [6, 6.07) is 11.7. The van der Waals surface area contributed by atoms with Crippen molar-refractivity contribution in [2.45, 2.75) is 44.4 Å². The number of aromatic nitrogens is 1. The van der Waals surface area contributed by atoms with Crippen LogP contribution < -0.4 is 5.32 Å². The first-order valence-electron chi connectivity index (χ1n) is 11.0. The van der Waals surface area contributed by atoms with E-state index < -0.39 is 11.9 Å². The molecular weight excluding hydrogens is 458 g/mol. The molecule has 2 aliphatic heterocycles. The van der Waals surface area contributed by atoms with Gasteiger partial charge in [0.25, 0.3) is 0 Å². The molecule has 31 heavy (non-hydrogen) atoms. The van der Waals surface area contributed by atoms with Gasteiger partial charge >= 0.3 is 5.97 Å². The van der Waals surface area contributed by atoms with Gasteiger partial charge in [0.05, 0.1) is 12.3 Å². The number of aryl methyl sites for hydroxylation is 2. The van der Waals surface area contributed by atoms with Crippen LogP contribution in [0.3, 0.4) is 0 Å². The standard InChI is InChI=1S/C24H28BrN3O3/c25-21-6-2-1-5-19(21)20(14-22(29)30)24(31)28-13-11-16(15-28)7-9-18-10-8-17-4-3-12-26-23(17)27-18/h1-2,5-6,8,10,16,20H,3-4,7,9,11-15H2,(H,26,27)(H,29,30)/t16-,20+/m1/s1. The number of rotatable bonds is 7. The van der Waals surface area contributed by atoms with E-state index in [1.54, 1.807) is 0 Å². The maximum atomic E-state index is 13.2. The third-order valence-corrected chi connectivity index (χ3v) is 7.04. The van der Waals surface area contributed by atoms with E-state index in [0.717, 1.165) is 60.2 Å². The highest BCUT2D eigenvalue weighted by Crippen LogP contribution is 2.32. The van der Waals surface area contributed by atoms with Crippen LogP contribution in [0.15, 0.2) is 40.9 Å². The number of carbonyl (C=O) groups is 2. The number of benzene rings is 1. The van der Waals surface area contributed by atoms with Gasteiger partial charge in [-0.05, 0) is 61.3 Å². The van der Waals surface area contributed by atoms with Gasteiger partial charge in [0.2, 0.25) is 5.91 Å². The molecule has 4 rings (SSSR count). The SMILES string of the molecule is O=C(O)C[C@H](C(=O)N1CC[C@@H](CCc2ccc3c(n2)NCCC3)C1)c1ccccc1Br. The molecule has 1 aromatic carbocycles. The average Bonchev–Trinajstić information content (AvgIpc) is 3.25. The van der Waals surface area contributed by atoms with Gasteiger partial charge in [-0.1, -0.05) is 40.2 Å². The van der Waals surface area contributed by atoms with E-state index in [1.807, 2.05) is 29.2 Å². The summed E-state index contributed by atoms with van der Waals surface area (Å²) >= 11 is 3.48. The number of carbonyl (C=O) groups excluding carboxylic acids is 1. The number of amides is 1. The van der Waals surface area contributed by atoms with Crippen LogP contribution in [0.1, 0.15) is 48.4 Å². The van der Waals surface area contributed by atoms with E-state index in [4.69, 9.17) is 4.98 Å². The first-order chi connectivity index (χ1) is 15.0. The summed E-state index contributed by atoms with van der Waals surface area (Å²) in [5.41, 5.74) is 3.13. The predicted octanol–water partition coefficient (Wildman–Crippen LogP) is 4.24. The Morgan fingerprint density at radius 2 is 2.10 bits per heavy atom. The summed E-state index contributed by atoms with van der Waals surface area (Å²) < 4.78 is 0.775. The molecule has 3 heterocycles. The molecule has 164 valence electrons. The van der Waals surface area contributed by atoms with Gasteiger partial charge in [0.15, 0.2) is 0 Å². The lowest BCUT2D eigenvalue weighted by Gasteiger charge is -2.24. The molecule has 0 radical (unpaired) electrons. The van der Waals surface area contributed by atoms with Crippen LogP contribution in [-0.2, 0) is 22.4 Å². The summed E-state index contributed by atoms with van der Waals surface area (Å²) in [4.78, 5) is 31.3. The van der Waals surface area contributed by atoms with Crippen molar-refractivity contribution in [2.75, 3.05) is 25.0 Å². The van der Waals surface area contributed by atoms with Gasteiger partial charge in [-0.25, -0.2) is 4.98 Å². The van der Waals surface area contributed by atoms with Crippen molar-refractivity contribution < 1.29 is 14.7 Å². The van der Waals surface area contributed by atoms with E-state index in [-0.39, 0.29) is 12.3 Å². The minimum atomic E-state index is -0.961. The summed E-state index contributed by atoms with van der Waals surface area (Å²) in [5.74, 6) is -0.276. The number of likely N-dealkylation sites (tertiary alicyclic amines) is 1. The molecule has 0 spiro atoms. The van der Waals surface area contributed by atoms with Crippen molar-refractivity contribution in [1.82, 2.24) is 9.88 Å². The number of carboxylic acid groups (broad SMARTS) is 1. The molecule has 1 aromatic heterocycles. The quantitative estimate of drug-likeness (QED) is 0.612. The second kappa shape index (κ2) is 9.81. The van der Waals surface area contributed by atoms with Crippen molar-refractivity contribution in [2.24, 2.45) is 5.92 Å². The van der Waals surface area contributed by atoms with Gasteiger partial charge in [-0.2, -0.15) is 0 Å². The number of hydrogen-bond acceptors (Lipinski definition) is 4. The van der Waals surface area contributed by atoms with Gasteiger partial charge in [0.1, 0.15) is 5.82 Å². The fourth-order valence-electron chi connectivity index (χ4n) is 4.61. The van der Waals surface area contributed by atoms with Crippen molar-refractivity contribution in [3.8, 4) is 0 Å². The largest absolute Gasteiger partial charge is 0.481 e. The Kier molecular flexibility index (Phi) is 6.90. The highest BCUT2D eigenvalue weighted by molar-refractivity contribution is 9.10. The number of hydrogen-bond donors (Lipinski definition) is 2. The van der Waals surface area contributed by atoms with Crippen molar-refractivity contribution >= 4 is 33.6 Å². The van der Waals surface area contributed by atoms with Crippen LogP contribution in [0.25, 0.3) is 0 Å². The summed E-state index contributed by atoms with van der Waals surface area (Å²) in [6.45, 7) is 2.35. The van der Waals surface area contributed by atoms with E-state index in [0.29, 0.717) is 19.0 Å². The molecule has 0 unspecified atom stereocenters. The Hall–Kier alpha value is -2.41. The Morgan fingerprint density at radius 1 is 1.26 bits per heavy atom. The number of fused-ring (bicyclic) bond motifs is 1. The molecule has 0 saturated carbocycles. The van der Waals surface area contributed by atoms with Crippen LogP contribution in [0.5, 0.6) is 0 Å². The first-order valence-corrected chi connectivity index (χ1v) is 11.8. The number of nitrogens with zero attached hydrogens (tertiary/aromatic N) is 2. The topological polar surface area (TPSA) is 82.5 Å². The number of aliphatic carboxylic acids is 1. The highest BCUT2D eigenvalue weighted by atomic mass is 79.9. The van der Waals surface area contributed by atoms with Crippen molar-refractivity contribution in [3.63, 3.8) is 0 Å². The van der Waals surface area contributed by atoms with E-state index in [9.17, 15) is 14.7 Å². The summed E-state index contributed by atoms with van der Waals surface area (Å²) in [5, 5.41) is 12.8. The Bertz CT molecular complexity index is 965. The number of anilines is 1. The Balaban J connectivity index is 1.37. The van der Waals surface area contributed by atoms with Gasteiger partial charge in [0, 0.05) is 29.8 Å². The summed E-state index contributed by atoms with van der Waals surface area (Å²) in [7, 11) is 0. The van der Waals surface area contributed by atoms with Gasteiger partial charge < -0.3 is 15.3 Å². The molecule has 2 N–H and O–H groups in total. The molecule has 0 aliphatic carbocycles. The number of nitrogens with one attached hydrogen (secondary N) is 1. The fourth-order valence-corrected chi connectivity index (χ4v) is 5.17. The lowest BCUT2D eigenvalue weighted by molar-refractivity contribution is -0.141. The second-order valence-corrected chi connectivity index (χ2v) is 9.34. The van der Waals surface area contributed by atoms with Crippen LogP contribution in [0.2, 0.25) is 0 Å². The monoisotopic (exact) mass is 485 g/mol. The zero-order chi connectivity index (χ0) is 21.8. The minimum Gasteiger partial charge on any atom is -0.481 e. The molecule has 1 amide bonds. The zero-order valence-electron chi connectivity index (χ0n) is 17.5. The highest BCUT2D eigenvalue weighted by Gasteiger charge is 2.33. The predicted molar refractivity (Wildman–Crippen MR) is 123 cm³/mol. The lowest BCUT2D eigenvalue weighted by Crippen LogP contribution is -2.34.